The van der Waals surface area contributed by atoms with Gasteiger partial charge in [-0.3, -0.25) is 4.90 Å². The largest absolute Gasteiger partial charge is 0.483 e. The second kappa shape index (κ2) is 9.33. The lowest BCUT2D eigenvalue weighted by molar-refractivity contribution is 0.148. The number of hydrogen-bond donors (Lipinski definition) is 1. The van der Waals surface area contributed by atoms with Crippen LogP contribution >= 0.6 is 8.38 Å². The van der Waals surface area contributed by atoms with Crippen molar-refractivity contribution >= 4 is 8.38 Å². The van der Waals surface area contributed by atoms with Crippen LogP contribution in [0, 0.1) is 6.92 Å². The van der Waals surface area contributed by atoms with Gasteiger partial charge in [0.15, 0.2) is 6.35 Å². The molecule has 26 heavy (non-hydrogen) atoms. The molecule has 1 heterocycles. The van der Waals surface area contributed by atoms with Crippen LogP contribution in [0.15, 0.2) is 48.5 Å². The van der Waals surface area contributed by atoms with Crippen molar-refractivity contribution in [2.45, 2.75) is 13.5 Å². The van der Waals surface area contributed by atoms with Crippen LogP contribution in [-0.2, 0) is 6.54 Å². The lowest BCUT2D eigenvalue weighted by Crippen LogP contribution is -2.43. The number of rotatable bonds is 7. The summed E-state index contributed by atoms with van der Waals surface area (Å²) in [6.07, 6.45) is 0.154. The Bertz CT molecular complexity index is 688. The summed E-state index contributed by atoms with van der Waals surface area (Å²) < 4.78 is 11.3. The molecule has 0 saturated carbocycles. The highest BCUT2D eigenvalue weighted by atomic mass is 31.2. The first kappa shape index (κ1) is 19.1. The number of likely N-dealkylation sites (N-methyl/N-ethyl adjacent to an activating group) is 1. The zero-order valence-electron chi connectivity index (χ0n) is 15.5. The van der Waals surface area contributed by atoms with Crippen LogP contribution in [-0.4, -0.2) is 54.3 Å². The Hall–Kier alpha value is -1.65. The van der Waals surface area contributed by atoms with Gasteiger partial charge in [0.2, 0.25) is 0 Å². The number of hydrogen-bond acceptors (Lipinski definition) is 5. The Labute approximate surface area is 157 Å². The summed E-state index contributed by atoms with van der Waals surface area (Å²) in [4.78, 5) is 15.0. The Balaban J connectivity index is 1.48. The molecule has 1 unspecified atom stereocenters. The molecule has 1 saturated heterocycles. The Morgan fingerprint density at radius 1 is 1.00 bits per heavy atom. The number of aryl methyl sites for hydroxylation is 1. The van der Waals surface area contributed by atoms with Crippen LogP contribution in [0.2, 0.25) is 0 Å². The monoisotopic (exact) mass is 374 g/mol. The lowest BCUT2D eigenvalue weighted by atomic mass is 10.2. The molecule has 3 rings (SSSR count). The van der Waals surface area contributed by atoms with Crippen molar-refractivity contribution in [1.82, 2.24) is 9.80 Å². The molecule has 1 aliphatic rings. The minimum atomic E-state index is -1.67. The summed E-state index contributed by atoms with van der Waals surface area (Å²) in [6.45, 7) is 7.32. The molecule has 140 valence electrons. The minimum absolute atomic E-state index is 0.154. The number of ether oxygens (including phenoxy) is 1. The summed E-state index contributed by atoms with van der Waals surface area (Å²) in [5, 5.41) is 0. The van der Waals surface area contributed by atoms with E-state index < -0.39 is 8.38 Å². The van der Waals surface area contributed by atoms with E-state index in [1.54, 1.807) is 0 Å². The Morgan fingerprint density at radius 3 is 2.46 bits per heavy atom. The van der Waals surface area contributed by atoms with Crippen LogP contribution in [0.1, 0.15) is 11.1 Å². The summed E-state index contributed by atoms with van der Waals surface area (Å²) in [7, 11) is 0.492. The van der Waals surface area contributed by atoms with Gasteiger partial charge in [-0.05, 0) is 43.8 Å². The van der Waals surface area contributed by atoms with Crippen LogP contribution in [0.3, 0.4) is 0 Å². The number of benzene rings is 2. The Kier molecular flexibility index (Phi) is 6.86. The van der Waals surface area contributed by atoms with E-state index in [0.717, 1.165) is 38.5 Å². The molecule has 0 radical (unpaired) electrons. The first-order chi connectivity index (χ1) is 12.6. The standard InChI is InChI=1S/C20H27N2O3P/c1-17-6-8-19(9-7-17)24-16-26(23)25-20-5-3-4-18(14-20)15-22-12-10-21(2)11-13-22/h3-9,14,23H,10-13,15-16H2,1-2H3. The van der Waals surface area contributed by atoms with Gasteiger partial charge in [0, 0.05) is 32.7 Å². The van der Waals surface area contributed by atoms with Crippen molar-refractivity contribution in [3.63, 3.8) is 0 Å². The predicted molar refractivity (Wildman–Crippen MR) is 106 cm³/mol. The van der Waals surface area contributed by atoms with Gasteiger partial charge >= 0.3 is 0 Å². The molecule has 6 heteroatoms. The van der Waals surface area contributed by atoms with Crippen LogP contribution in [0.5, 0.6) is 11.5 Å². The second-order valence-electron chi connectivity index (χ2n) is 6.76. The van der Waals surface area contributed by atoms with E-state index in [-0.39, 0.29) is 6.35 Å². The highest BCUT2D eigenvalue weighted by Gasteiger charge is 2.15. The maximum Gasteiger partial charge on any atom is 0.267 e. The van der Waals surface area contributed by atoms with E-state index in [1.165, 1.54) is 11.1 Å². The fraction of sp³-hybridized carbons (Fsp3) is 0.400. The SMILES string of the molecule is Cc1ccc(OCP(O)Oc2cccc(CN3CCN(C)CC3)c2)cc1. The van der Waals surface area contributed by atoms with Crippen LogP contribution in [0.25, 0.3) is 0 Å². The van der Waals surface area contributed by atoms with Crippen molar-refractivity contribution in [2.75, 3.05) is 39.6 Å². The van der Waals surface area contributed by atoms with Crippen LogP contribution < -0.4 is 9.26 Å². The topological polar surface area (TPSA) is 45.2 Å². The van der Waals surface area contributed by atoms with Gasteiger partial charge in [0.1, 0.15) is 11.5 Å². The van der Waals surface area contributed by atoms with Crippen LogP contribution in [0.4, 0.5) is 0 Å². The molecule has 0 spiro atoms. The third kappa shape index (κ3) is 5.96. The van der Waals surface area contributed by atoms with Crippen molar-refractivity contribution in [3.05, 3.63) is 59.7 Å². The average molecular weight is 374 g/mol. The number of nitrogens with zero attached hydrogens (tertiary/aromatic N) is 2. The molecule has 0 bridgehead atoms. The molecular formula is C20H27N2O3P. The molecule has 1 atom stereocenters. The van der Waals surface area contributed by atoms with E-state index >= 15 is 0 Å². The minimum Gasteiger partial charge on any atom is -0.483 e. The molecule has 2 aromatic carbocycles. The third-order valence-electron chi connectivity index (χ3n) is 4.47. The molecular weight excluding hydrogens is 347 g/mol. The fourth-order valence-corrected chi connectivity index (χ4v) is 3.55. The summed E-state index contributed by atoms with van der Waals surface area (Å²) in [6, 6.07) is 15.7. The average Bonchev–Trinajstić information content (AvgIpc) is 2.63. The smallest absolute Gasteiger partial charge is 0.267 e. The fourth-order valence-electron chi connectivity index (χ4n) is 2.88. The highest BCUT2D eigenvalue weighted by Crippen LogP contribution is 2.34. The third-order valence-corrected chi connectivity index (χ3v) is 5.25. The molecule has 0 aromatic heterocycles. The maximum atomic E-state index is 10.2. The predicted octanol–water partition coefficient (Wildman–Crippen LogP) is 3.46. The molecule has 0 amide bonds. The first-order valence-electron chi connectivity index (χ1n) is 8.92. The zero-order valence-corrected chi connectivity index (χ0v) is 16.4. The van der Waals surface area contributed by atoms with Gasteiger partial charge in [0.05, 0.1) is 0 Å². The van der Waals surface area contributed by atoms with Crippen molar-refractivity contribution in [3.8, 4) is 11.5 Å². The van der Waals surface area contributed by atoms with E-state index in [0.29, 0.717) is 5.75 Å². The van der Waals surface area contributed by atoms with Gasteiger partial charge < -0.3 is 19.1 Å². The molecule has 5 nitrogen and oxygen atoms in total. The molecule has 1 N–H and O–H groups in total. The van der Waals surface area contributed by atoms with Gasteiger partial charge in [-0.1, -0.05) is 29.8 Å². The van der Waals surface area contributed by atoms with Crippen molar-refractivity contribution in [1.29, 1.82) is 0 Å². The van der Waals surface area contributed by atoms with Gasteiger partial charge in [-0.15, -0.1) is 0 Å². The van der Waals surface area contributed by atoms with Gasteiger partial charge in [0.25, 0.3) is 8.38 Å². The van der Waals surface area contributed by atoms with Gasteiger partial charge in [-0.2, -0.15) is 0 Å². The van der Waals surface area contributed by atoms with Gasteiger partial charge in [-0.25, -0.2) is 0 Å². The molecule has 1 fully saturated rings. The first-order valence-corrected chi connectivity index (χ1v) is 10.3. The molecule has 1 aliphatic heterocycles. The maximum absolute atomic E-state index is 10.2. The Morgan fingerprint density at radius 2 is 1.73 bits per heavy atom. The number of piperazine rings is 1. The van der Waals surface area contributed by atoms with E-state index in [4.69, 9.17) is 9.26 Å². The van der Waals surface area contributed by atoms with E-state index in [9.17, 15) is 4.89 Å². The molecule has 2 aromatic rings. The van der Waals surface area contributed by atoms with Crippen molar-refractivity contribution in [2.24, 2.45) is 0 Å². The summed E-state index contributed by atoms with van der Waals surface area (Å²) in [5.74, 6) is 1.43. The summed E-state index contributed by atoms with van der Waals surface area (Å²) >= 11 is 0. The van der Waals surface area contributed by atoms with E-state index in [2.05, 4.69) is 22.9 Å². The quantitative estimate of drug-likeness (QED) is 0.752. The highest BCUT2D eigenvalue weighted by molar-refractivity contribution is 7.46. The zero-order chi connectivity index (χ0) is 18.4. The van der Waals surface area contributed by atoms with E-state index in [1.807, 2.05) is 49.4 Å². The van der Waals surface area contributed by atoms with Crippen molar-refractivity contribution < 1.29 is 14.2 Å². The second-order valence-corrected chi connectivity index (χ2v) is 7.90. The lowest BCUT2D eigenvalue weighted by Gasteiger charge is -2.32. The molecule has 0 aliphatic carbocycles. The summed E-state index contributed by atoms with van der Waals surface area (Å²) in [5.41, 5.74) is 2.38. The normalized spacial score (nSPS) is 17.0.